The molecule has 0 fully saturated rings. The molecule has 0 atom stereocenters. The van der Waals surface area contributed by atoms with Gasteiger partial charge in [0.2, 0.25) is 0 Å². The normalized spacial score (nSPS) is 11.7. The van der Waals surface area contributed by atoms with Crippen molar-refractivity contribution in [2.75, 3.05) is 19.0 Å². The summed E-state index contributed by atoms with van der Waals surface area (Å²) in [4.78, 5) is 0. The van der Waals surface area contributed by atoms with Crippen molar-refractivity contribution in [1.29, 1.82) is 0 Å². The van der Waals surface area contributed by atoms with Gasteiger partial charge >= 0.3 is 0 Å². The topological polar surface area (TPSA) is 12.0 Å². The molecule has 0 aromatic heterocycles. The van der Waals surface area contributed by atoms with Crippen molar-refractivity contribution in [3.8, 4) is 0 Å². The first-order valence-electron chi connectivity index (χ1n) is 5.09. The molecule has 0 unspecified atom stereocenters. The Hall–Kier alpha value is -0.600. The fraction of sp³-hybridized carbons (Fsp3) is 0.500. The number of hydrogen-bond acceptors (Lipinski definition) is 1. The molecule has 84 valence electrons. The van der Waals surface area contributed by atoms with E-state index in [9.17, 15) is 4.39 Å². The van der Waals surface area contributed by atoms with Gasteiger partial charge in [-0.3, -0.25) is 0 Å². The average Bonchev–Trinajstić information content (AvgIpc) is 2.18. The van der Waals surface area contributed by atoms with Gasteiger partial charge in [-0.1, -0.05) is 32.0 Å². The zero-order valence-electron chi connectivity index (χ0n) is 9.19. The van der Waals surface area contributed by atoms with Crippen LogP contribution in [-0.4, -0.2) is 19.0 Å². The lowest BCUT2D eigenvalue weighted by atomic mass is 9.84. The number of halogens is 2. The number of nitrogens with one attached hydrogen (secondary N) is 1. The molecular weight excluding hydrogens is 213 g/mol. The van der Waals surface area contributed by atoms with Crippen LogP contribution in [0.15, 0.2) is 24.3 Å². The Morgan fingerprint density at radius 2 is 2.00 bits per heavy atom. The first-order chi connectivity index (χ1) is 7.08. The summed E-state index contributed by atoms with van der Waals surface area (Å²) in [6, 6.07) is 6.90. The zero-order chi connectivity index (χ0) is 11.3. The highest BCUT2D eigenvalue weighted by Gasteiger charge is 2.22. The third kappa shape index (κ3) is 3.47. The molecule has 1 nitrogen and oxygen atoms in total. The van der Waals surface area contributed by atoms with Gasteiger partial charge in [0.25, 0.3) is 0 Å². The van der Waals surface area contributed by atoms with Gasteiger partial charge in [0, 0.05) is 24.4 Å². The van der Waals surface area contributed by atoms with Crippen molar-refractivity contribution in [2.45, 2.75) is 19.3 Å². The summed E-state index contributed by atoms with van der Waals surface area (Å²) in [6.45, 7) is 5.51. The Morgan fingerprint density at radius 1 is 1.33 bits per heavy atom. The molecule has 0 radical (unpaired) electrons. The number of alkyl halides is 1. The van der Waals surface area contributed by atoms with Crippen LogP contribution < -0.4 is 5.32 Å². The van der Waals surface area contributed by atoms with Gasteiger partial charge in [-0.15, -0.1) is 11.6 Å². The van der Waals surface area contributed by atoms with Crippen molar-refractivity contribution >= 4 is 11.6 Å². The lowest BCUT2D eigenvalue weighted by Crippen LogP contribution is -2.34. The summed E-state index contributed by atoms with van der Waals surface area (Å²) in [7, 11) is 0. The van der Waals surface area contributed by atoms with Crippen molar-refractivity contribution in [3.05, 3.63) is 35.6 Å². The van der Waals surface area contributed by atoms with Crippen LogP contribution in [-0.2, 0) is 5.41 Å². The molecule has 1 aromatic rings. The Kier molecular flexibility index (Phi) is 4.55. The highest BCUT2D eigenvalue weighted by molar-refractivity contribution is 6.18. The summed E-state index contributed by atoms with van der Waals surface area (Å²) < 4.78 is 13.5. The Balaban J connectivity index is 2.72. The average molecular weight is 230 g/mol. The molecule has 0 aliphatic heterocycles. The van der Waals surface area contributed by atoms with Crippen LogP contribution in [0.3, 0.4) is 0 Å². The van der Waals surface area contributed by atoms with Crippen LogP contribution in [0.1, 0.15) is 19.4 Å². The second kappa shape index (κ2) is 5.47. The van der Waals surface area contributed by atoms with Crippen LogP contribution in [0, 0.1) is 5.82 Å². The molecular formula is C12H17ClFN. The van der Waals surface area contributed by atoms with E-state index >= 15 is 0 Å². The van der Waals surface area contributed by atoms with E-state index in [2.05, 4.69) is 5.32 Å². The number of benzene rings is 1. The highest BCUT2D eigenvalue weighted by Crippen LogP contribution is 2.24. The van der Waals surface area contributed by atoms with E-state index < -0.39 is 0 Å². The largest absolute Gasteiger partial charge is 0.315 e. The summed E-state index contributed by atoms with van der Waals surface area (Å²) >= 11 is 5.57. The maximum Gasteiger partial charge on any atom is 0.126 e. The minimum Gasteiger partial charge on any atom is -0.315 e. The minimum absolute atomic E-state index is 0.143. The van der Waals surface area contributed by atoms with Gasteiger partial charge < -0.3 is 5.32 Å². The fourth-order valence-corrected chi connectivity index (χ4v) is 1.71. The molecule has 0 saturated carbocycles. The second-order valence-electron chi connectivity index (χ2n) is 4.23. The van der Waals surface area contributed by atoms with Crippen molar-refractivity contribution in [3.63, 3.8) is 0 Å². The maximum atomic E-state index is 13.5. The molecule has 1 aromatic carbocycles. The third-order valence-corrected chi connectivity index (χ3v) is 2.63. The molecule has 0 amide bonds. The van der Waals surface area contributed by atoms with E-state index in [4.69, 9.17) is 11.6 Å². The van der Waals surface area contributed by atoms with Crippen LogP contribution in [0.2, 0.25) is 0 Å². The molecule has 1 N–H and O–H groups in total. The minimum atomic E-state index is -0.211. The van der Waals surface area contributed by atoms with E-state index in [0.717, 1.165) is 18.7 Å². The van der Waals surface area contributed by atoms with E-state index in [0.29, 0.717) is 5.88 Å². The van der Waals surface area contributed by atoms with Crippen molar-refractivity contribution in [2.24, 2.45) is 0 Å². The molecule has 15 heavy (non-hydrogen) atoms. The van der Waals surface area contributed by atoms with Crippen molar-refractivity contribution < 1.29 is 4.39 Å². The summed E-state index contributed by atoms with van der Waals surface area (Å²) in [5.74, 6) is 0.433. The molecule has 1 rings (SSSR count). The molecule has 0 saturated heterocycles. The lowest BCUT2D eigenvalue weighted by molar-refractivity contribution is 0.451. The second-order valence-corrected chi connectivity index (χ2v) is 4.61. The van der Waals surface area contributed by atoms with Gasteiger partial charge in [0.15, 0.2) is 0 Å². The Bertz CT molecular complexity index is 312. The van der Waals surface area contributed by atoms with Gasteiger partial charge in [0.05, 0.1) is 0 Å². The van der Waals surface area contributed by atoms with Crippen molar-refractivity contribution in [1.82, 2.24) is 5.32 Å². The summed E-state index contributed by atoms with van der Waals surface area (Å²) in [6.07, 6.45) is 0. The fourth-order valence-electron chi connectivity index (χ4n) is 1.57. The van der Waals surface area contributed by atoms with Crippen LogP contribution in [0.5, 0.6) is 0 Å². The van der Waals surface area contributed by atoms with E-state index in [-0.39, 0.29) is 11.2 Å². The summed E-state index contributed by atoms with van der Waals surface area (Å²) in [5.41, 5.74) is 0.532. The maximum absolute atomic E-state index is 13.5. The van der Waals surface area contributed by atoms with Crippen LogP contribution >= 0.6 is 11.6 Å². The highest BCUT2D eigenvalue weighted by atomic mass is 35.5. The van der Waals surface area contributed by atoms with Gasteiger partial charge in [-0.05, 0) is 11.6 Å². The van der Waals surface area contributed by atoms with Crippen LogP contribution in [0.25, 0.3) is 0 Å². The quantitative estimate of drug-likeness (QED) is 0.605. The number of rotatable bonds is 5. The monoisotopic (exact) mass is 229 g/mol. The Morgan fingerprint density at radius 3 is 2.60 bits per heavy atom. The molecule has 0 bridgehead atoms. The van der Waals surface area contributed by atoms with Gasteiger partial charge in [-0.2, -0.15) is 0 Å². The third-order valence-electron chi connectivity index (χ3n) is 2.44. The summed E-state index contributed by atoms with van der Waals surface area (Å²) in [5, 5.41) is 3.20. The molecule has 0 aliphatic rings. The molecule has 0 spiro atoms. The first kappa shape index (κ1) is 12.5. The smallest absolute Gasteiger partial charge is 0.126 e. The van der Waals surface area contributed by atoms with E-state index in [1.54, 1.807) is 6.07 Å². The molecule has 3 heteroatoms. The van der Waals surface area contributed by atoms with E-state index in [1.807, 2.05) is 26.0 Å². The SMILES string of the molecule is CC(C)(CNCCCl)c1ccccc1F. The number of hydrogen-bond donors (Lipinski definition) is 1. The van der Waals surface area contributed by atoms with E-state index in [1.165, 1.54) is 6.07 Å². The first-order valence-corrected chi connectivity index (χ1v) is 5.63. The zero-order valence-corrected chi connectivity index (χ0v) is 9.94. The molecule has 0 aliphatic carbocycles. The lowest BCUT2D eigenvalue weighted by Gasteiger charge is -2.26. The molecule has 0 heterocycles. The van der Waals surface area contributed by atoms with Gasteiger partial charge in [-0.25, -0.2) is 4.39 Å². The Labute approximate surface area is 95.6 Å². The van der Waals surface area contributed by atoms with Gasteiger partial charge in [0.1, 0.15) is 5.82 Å². The standard InChI is InChI=1S/C12H17ClFN/c1-12(2,9-15-8-7-13)10-5-3-4-6-11(10)14/h3-6,15H,7-9H2,1-2H3. The van der Waals surface area contributed by atoms with Crippen LogP contribution in [0.4, 0.5) is 4.39 Å². The predicted molar refractivity (Wildman–Crippen MR) is 63.0 cm³/mol. The predicted octanol–water partition coefficient (Wildman–Crippen LogP) is 2.93.